The van der Waals surface area contributed by atoms with Gasteiger partial charge in [-0.05, 0) is 65.2 Å². The molecule has 3 heterocycles. The number of aromatic nitrogens is 1. The minimum absolute atomic E-state index is 0.191. The van der Waals surface area contributed by atoms with Crippen LogP contribution in [0.2, 0.25) is 0 Å². The smallest absolute Gasteiger partial charge is 0.410 e. The minimum atomic E-state index is -0.659. The average molecular weight is 500 g/mol. The first kappa shape index (κ1) is 25.9. The number of methoxy groups -OCH3 is 1. The van der Waals surface area contributed by atoms with Gasteiger partial charge in [-0.1, -0.05) is 0 Å². The number of piperidine rings is 1. The second-order valence-corrected chi connectivity index (χ2v) is 10.4. The maximum absolute atomic E-state index is 13.2. The Morgan fingerprint density at radius 1 is 1.17 bits per heavy atom. The van der Waals surface area contributed by atoms with Gasteiger partial charge in [0.25, 0.3) is 0 Å². The molecule has 2 aliphatic heterocycles. The highest BCUT2D eigenvalue weighted by molar-refractivity contribution is 5.96. The van der Waals surface area contributed by atoms with Gasteiger partial charge in [0.05, 0.1) is 43.1 Å². The minimum Gasteiger partial charge on any atom is -0.497 e. The maximum Gasteiger partial charge on any atom is 0.410 e. The number of esters is 1. The van der Waals surface area contributed by atoms with Crippen LogP contribution in [0, 0.1) is 5.41 Å². The number of benzene rings is 1. The van der Waals surface area contributed by atoms with Crippen molar-refractivity contribution in [1.82, 2.24) is 9.88 Å². The monoisotopic (exact) mass is 499 g/mol. The molecule has 0 radical (unpaired) electrons. The van der Waals surface area contributed by atoms with Crippen molar-refractivity contribution in [3.63, 3.8) is 0 Å². The van der Waals surface area contributed by atoms with Crippen molar-refractivity contribution in [3.8, 4) is 11.5 Å². The second-order valence-electron chi connectivity index (χ2n) is 10.4. The third kappa shape index (κ3) is 5.44. The summed E-state index contributed by atoms with van der Waals surface area (Å²) in [4.78, 5) is 34.3. The third-order valence-corrected chi connectivity index (χ3v) is 6.89. The number of hydrogen-bond acceptors (Lipinski definition) is 8. The van der Waals surface area contributed by atoms with Crippen molar-refractivity contribution < 1.29 is 28.5 Å². The van der Waals surface area contributed by atoms with E-state index in [9.17, 15) is 9.59 Å². The van der Waals surface area contributed by atoms with Crippen LogP contribution in [0.3, 0.4) is 0 Å². The molecule has 36 heavy (non-hydrogen) atoms. The van der Waals surface area contributed by atoms with Gasteiger partial charge < -0.3 is 28.7 Å². The Morgan fingerprint density at radius 2 is 1.92 bits per heavy atom. The second kappa shape index (κ2) is 10.4. The summed E-state index contributed by atoms with van der Waals surface area (Å²) in [5, 5.41) is 0.955. The number of likely N-dealkylation sites (tertiary alicyclic amines) is 1. The fraction of sp³-hybridized carbons (Fsp3) is 0.593. The van der Waals surface area contributed by atoms with Gasteiger partial charge in [-0.2, -0.15) is 0 Å². The molecule has 0 saturated carbocycles. The highest BCUT2D eigenvalue weighted by Gasteiger charge is 2.44. The van der Waals surface area contributed by atoms with Gasteiger partial charge in [0.2, 0.25) is 0 Å². The van der Waals surface area contributed by atoms with Gasteiger partial charge in [0.1, 0.15) is 18.0 Å². The van der Waals surface area contributed by atoms with Gasteiger partial charge in [0, 0.05) is 25.0 Å². The number of nitrogens with zero attached hydrogens (tertiary/aromatic N) is 3. The summed E-state index contributed by atoms with van der Waals surface area (Å²) in [5.41, 5.74) is 0.607. The molecule has 9 heteroatoms. The lowest BCUT2D eigenvalue weighted by molar-refractivity contribution is -0.159. The summed E-state index contributed by atoms with van der Waals surface area (Å²) in [6, 6.07) is 5.81. The molecule has 0 N–H and O–H groups in total. The molecule has 2 aromatic rings. The van der Waals surface area contributed by atoms with Crippen LogP contribution in [0.15, 0.2) is 24.4 Å². The van der Waals surface area contributed by atoms with E-state index in [4.69, 9.17) is 18.9 Å². The molecular weight excluding hydrogens is 462 g/mol. The number of carbonyl (C=O) groups is 2. The standard InChI is InChI=1S/C27H37N3O6/c1-6-34-24(31)27(10-13-30(14-11-27)25(32)36-26(2,3)4)9-12-29-15-16-35-22-18-28-21-8-7-19(33-5)17-20(21)23(22)29/h7-8,17-18H,6,9-16H2,1-5H3. The van der Waals surface area contributed by atoms with Crippen LogP contribution in [-0.4, -0.2) is 74.1 Å². The highest BCUT2D eigenvalue weighted by Crippen LogP contribution is 2.42. The number of carbonyl (C=O) groups excluding carboxylic acids is 2. The fourth-order valence-corrected chi connectivity index (χ4v) is 4.93. The van der Waals surface area contributed by atoms with Crippen molar-refractivity contribution in [2.45, 2.75) is 52.6 Å². The molecular formula is C27H37N3O6. The van der Waals surface area contributed by atoms with Crippen LogP contribution in [0.25, 0.3) is 10.9 Å². The van der Waals surface area contributed by atoms with E-state index in [0.717, 1.165) is 28.1 Å². The van der Waals surface area contributed by atoms with Gasteiger partial charge in [-0.3, -0.25) is 9.78 Å². The molecule has 1 aromatic carbocycles. The van der Waals surface area contributed by atoms with Crippen molar-refractivity contribution in [3.05, 3.63) is 24.4 Å². The van der Waals surface area contributed by atoms with Gasteiger partial charge in [-0.15, -0.1) is 0 Å². The first-order chi connectivity index (χ1) is 17.2. The molecule has 1 saturated heterocycles. The number of amides is 1. The molecule has 0 spiro atoms. The summed E-state index contributed by atoms with van der Waals surface area (Å²) in [6.07, 6.45) is 3.10. The van der Waals surface area contributed by atoms with E-state index in [1.54, 1.807) is 18.2 Å². The van der Waals surface area contributed by atoms with Crippen molar-refractivity contribution in [1.29, 1.82) is 0 Å². The van der Waals surface area contributed by atoms with Crippen LogP contribution in [-0.2, 0) is 14.3 Å². The number of rotatable bonds is 6. The molecule has 4 rings (SSSR count). The predicted molar refractivity (Wildman–Crippen MR) is 137 cm³/mol. The number of anilines is 1. The molecule has 1 amide bonds. The molecule has 0 bridgehead atoms. The maximum atomic E-state index is 13.2. The fourth-order valence-electron chi connectivity index (χ4n) is 4.93. The number of ether oxygens (including phenoxy) is 4. The molecule has 9 nitrogen and oxygen atoms in total. The molecule has 0 atom stereocenters. The summed E-state index contributed by atoms with van der Waals surface area (Å²) < 4.78 is 22.4. The van der Waals surface area contributed by atoms with E-state index >= 15 is 0 Å². The third-order valence-electron chi connectivity index (χ3n) is 6.89. The van der Waals surface area contributed by atoms with Crippen molar-refractivity contribution >= 4 is 28.7 Å². The van der Waals surface area contributed by atoms with Crippen LogP contribution in [0.5, 0.6) is 11.5 Å². The van der Waals surface area contributed by atoms with E-state index in [0.29, 0.717) is 58.7 Å². The Kier molecular flexibility index (Phi) is 7.47. The number of fused-ring (bicyclic) bond motifs is 3. The lowest BCUT2D eigenvalue weighted by atomic mass is 9.75. The van der Waals surface area contributed by atoms with E-state index < -0.39 is 11.0 Å². The molecule has 196 valence electrons. The Bertz CT molecular complexity index is 1100. The Morgan fingerprint density at radius 3 is 2.58 bits per heavy atom. The molecule has 0 unspecified atom stereocenters. The van der Waals surface area contributed by atoms with Crippen LogP contribution in [0.1, 0.15) is 47.0 Å². The lowest BCUT2D eigenvalue weighted by Gasteiger charge is -2.42. The quantitative estimate of drug-likeness (QED) is 0.540. The van der Waals surface area contributed by atoms with E-state index in [1.807, 2.05) is 45.9 Å². The SMILES string of the molecule is CCOC(=O)C1(CCN2CCOc3cnc4ccc(OC)cc4c32)CCN(C(=O)OC(C)(C)C)CC1. The predicted octanol–water partition coefficient (Wildman–Crippen LogP) is 4.41. The molecule has 2 aliphatic rings. The Labute approximate surface area is 212 Å². The van der Waals surface area contributed by atoms with Crippen LogP contribution < -0.4 is 14.4 Å². The van der Waals surface area contributed by atoms with Crippen LogP contribution >= 0.6 is 0 Å². The normalized spacial score (nSPS) is 17.2. The van der Waals surface area contributed by atoms with Crippen molar-refractivity contribution in [2.24, 2.45) is 5.41 Å². The van der Waals surface area contributed by atoms with E-state index in [2.05, 4.69) is 9.88 Å². The van der Waals surface area contributed by atoms with Crippen LogP contribution in [0.4, 0.5) is 10.5 Å². The first-order valence-corrected chi connectivity index (χ1v) is 12.7. The number of pyridine rings is 1. The average Bonchev–Trinajstić information content (AvgIpc) is 2.86. The largest absolute Gasteiger partial charge is 0.497 e. The summed E-state index contributed by atoms with van der Waals surface area (Å²) >= 11 is 0. The Hall–Kier alpha value is -3.23. The molecule has 1 aromatic heterocycles. The van der Waals surface area contributed by atoms with Gasteiger partial charge in [-0.25, -0.2) is 4.79 Å². The summed E-state index contributed by atoms with van der Waals surface area (Å²) in [7, 11) is 1.64. The highest BCUT2D eigenvalue weighted by atomic mass is 16.6. The van der Waals surface area contributed by atoms with Gasteiger partial charge >= 0.3 is 12.1 Å². The van der Waals surface area contributed by atoms with E-state index in [1.165, 1.54) is 0 Å². The topological polar surface area (TPSA) is 90.4 Å². The zero-order chi connectivity index (χ0) is 25.9. The zero-order valence-corrected chi connectivity index (χ0v) is 22.0. The summed E-state index contributed by atoms with van der Waals surface area (Å²) in [5.74, 6) is 1.29. The van der Waals surface area contributed by atoms with Crippen molar-refractivity contribution in [2.75, 3.05) is 51.4 Å². The number of hydrogen-bond donors (Lipinski definition) is 0. The lowest BCUT2D eigenvalue weighted by Crippen LogP contribution is -2.49. The zero-order valence-electron chi connectivity index (χ0n) is 22.0. The molecule has 1 fully saturated rings. The van der Waals surface area contributed by atoms with Gasteiger partial charge in [0.15, 0.2) is 5.75 Å². The summed E-state index contributed by atoms with van der Waals surface area (Å²) in [6.45, 7) is 10.5. The van der Waals surface area contributed by atoms with E-state index in [-0.39, 0.29) is 12.1 Å². The Balaban J connectivity index is 1.54. The first-order valence-electron chi connectivity index (χ1n) is 12.7. The molecule has 0 aliphatic carbocycles.